The third kappa shape index (κ3) is 3.93. The molecular formula is C19H15F3N2O2. The molecule has 3 rings (SSSR count). The van der Waals surface area contributed by atoms with Crippen molar-refractivity contribution in [2.75, 3.05) is 0 Å². The Morgan fingerprint density at radius 2 is 1.73 bits per heavy atom. The Hall–Kier alpha value is -3.09. The maximum Gasteiger partial charge on any atom is 0.421 e. The van der Waals surface area contributed by atoms with Crippen LogP contribution in [0.5, 0.6) is 0 Å². The smallest absolute Gasteiger partial charge is 0.350 e. The molecule has 0 saturated heterocycles. The van der Waals surface area contributed by atoms with Gasteiger partial charge in [-0.1, -0.05) is 36.4 Å². The normalized spacial score (nSPS) is 11.5. The standard InChI is InChI=1S/C19H15F3N2O2/c20-19(21,22)16-6-3-9-24(18(16)26)12-17(25)23-11-13-7-8-14-4-1-2-5-15(14)10-13/h1-10H,11-12H2,(H,23,25). The highest BCUT2D eigenvalue weighted by atomic mass is 19.4. The van der Waals surface area contributed by atoms with Crippen molar-refractivity contribution in [1.29, 1.82) is 0 Å². The van der Waals surface area contributed by atoms with Crippen LogP contribution in [0.2, 0.25) is 0 Å². The average molecular weight is 360 g/mol. The van der Waals surface area contributed by atoms with Crippen LogP contribution in [-0.2, 0) is 24.1 Å². The predicted octanol–water partition coefficient (Wildman–Crippen LogP) is 3.34. The lowest BCUT2D eigenvalue weighted by Crippen LogP contribution is -2.34. The van der Waals surface area contributed by atoms with Gasteiger partial charge >= 0.3 is 6.18 Å². The van der Waals surface area contributed by atoms with Crippen LogP contribution in [0, 0.1) is 0 Å². The van der Waals surface area contributed by atoms with E-state index in [1.807, 2.05) is 42.5 Å². The van der Waals surface area contributed by atoms with E-state index >= 15 is 0 Å². The molecule has 26 heavy (non-hydrogen) atoms. The second kappa shape index (κ2) is 7.03. The quantitative estimate of drug-likeness (QED) is 0.776. The summed E-state index contributed by atoms with van der Waals surface area (Å²) >= 11 is 0. The van der Waals surface area contributed by atoms with Gasteiger partial charge in [-0.2, -0.15) is 13.2 Å². The highest BCUT2D eigenvalue weighted by Crippen LogP contribution is 2.25. The van der Waals surface area contributed by atoms with Crippen LogP contribution in [0.25, 0.3) is 10.8 Å². The molecular weight excluding hydrogens is 345 g/mol. The van der Waals surface area contributed by atoms with Crippen LogP contribution < -0.4 is 10.9 Å². The number of nitrogens with zero attached hydrogens (tertiary/aromatic N) is 1. The lowest BCUT2D eigenvalue weighted by molar-refractivity contribution is -0.139. The fraction of sp³-hybridized carbons (Fsp3) is 0.158. The molecule has 0 unspecified atom stereocenters. The number of alkyl halides is 3. The van der Waals surface area contributed by atoms with Gasteiger partial charge in [-0.15, -0.1) is 0 Å². The van der Waals surface area contributed by atoms with E-state index in [0.717, 1.165) is 33.2 Å². The first kappa shape index (κ1) is 17.7. The number of fused-ring (bicyclic) bond motifs is 1. The number of rotatable bonds is 4. The third-order valence-corrected chi connectivity index (χ3v) is 3.94. The van der Waals surface area contributed by atoms with E-state index in [4.69, 9.17) is 0 Å². The molecule has 1 N–H and O–H groups in total. The van der Waals surface area contributed by atoms with Crippen LogP contribution in [0.1, 0.15) is 11.1 Å². The van der Waals surface area contributed by atoms with Crippen molar-refractivity contribution in [3.05, 3.63) is 82.3 Å². The molecule has 1 heterocycles. The van der Waals surface area contributed by atoms with Gasteiger partial charge in [0.2, 0.25) is 5.91 Å². The van der Waals surface area contributed by atoms with E-state index in [9.17, 15) is 22.8 Å². The molecule has 0 aliphatic rings. The zero-order valence-electron chi connectivity index (χ0n) is 13.6. The first-order valence-electron chi connectivity index (χ1n) is 7.85. The summed E-state index contributed by atoms with van der Waals surface area (Å²) in [5, 5.41) is 4.71. The third-order valence-electron chi connectivity index (χ3n) is 3.94. The maximum absolute atomic E-state index is 12.7. The molecule has 0 aliphatic carbocycles. The van der Waals surface area contributed by atoms with Crippen LogP contribution in [0.3, 0.4) is 0 Å². The monoisotopic (exact) mass is 360 g/mol. The molecule has 0 atom stereocenters. The Balaban J connectivity index is 1.68. The second-order valence-corrected chi connectivity index (χ2v) is 5.81. The summed E-state index contributed by atoms with van der Waals surface area (Å²) in [4.78, 5) is 23.8. The number of pyridine rings is 1. The molecule has 3 aromatic rings. The molecule has 4 nitrogen and oxygen atoms in total. The van der Waals surface area contributed by atoms with E-state index in [-0.39, 0.29) is 6.54 Å². The van der Waals surface area contributed by atoms with Crippen molar-refractivity contribution in [1.82, 2.24) is 9.88 Å². The van der Waals surface area contributed by atoms with Gasteiger partial charge in [0.05, 0.1) is 0 Å². The van der Waals surface area contributed by atoms with Gasteiger partial charge in [0.25, 0.3) is 5.56 Å². The summed E-state index contributed by atoms with van der Waals surface area (Å²) in [6, 6.07) is 15.3. The lowest BCUT2D eigenvalue weighted by atomic mass is 10.1. The summed E-state index contributed by atoms with van der Waals surface area (Å²) in [6.45, 7) is -0.256. The minimum atomic E-state index is -4.75. The van der Waals surface area contributed by atoms with Gasteiger partial charge in [0, 0.05) is 12.7 Å². The van der Waals surface area contributed by atoms with E-state index in [1.165, 1.54) is 0 Å². The molecule has 0 radical (unpaired) electrons. The van der Waals surface area contributed by atoms with Gasteiger partial charge in [-0.05, 0) is 34.5 Å². The Morgan fingerprint density at radius 3 is 2.46 bits per heavy atom. The van der Waals surface area contributed by atoms with Crippen LogP contribution in [-0.4, -0.2) is 10.5 Å². The Labute approximate surface area is 146 Å². The number of halogens is 3. The second-order valence-electron chi connectivity index (χ2n) is 5.81. The number of aromatic nitrogens is 1. The lowest BCUT2D eigenvalue weighted by Gasteiger charge is -2.11. The number of hydrogen-bond acceptors (Lipinski definition) is 2. The topological polar surface area (TPSA) is 51.1 Å². The minimum absolute atomic E-state index is 0.220. The van der Waals surface area contributed by atoms with Gasteiger partial charge < -0.3 is 9.88 Å². The number of nitrogens with one attached hydrogen (secondary N) is 1. The van der Waals surface area contributed by atoms with Gasteiger partial charge in [0.1, 0.15) is 12.1 Å². The number of amides is 1. The molecule has 2 aromatic carbocycles. The average Bonchev–Trinajstić information content (AvgIpc) is 2.60. The Bertz CT molecular complexity index is 1010. The van der Waals surface area contributed by atoms with Crippen molar-refractivity contribution < 1.29 is 18.0 Å². The van der Waals surface area contributed by atoms with E-state index in [2.05, 4.69) is 5.32 Å². The zero-order valence-corrected chi connectivity index (χ0v) is 13.6. The van der Waals surface area contributed by atoms with Crippen LogP contribution in [0.4, 0.5) is 13.2 Å². The predicted molar refractivity (Wildman–Crippen MR) is 91.5 cm³/mol. The largest absolute Gasteiger partial charge is 0.421 e. The van der Waals surface area contributed by atoms with Crippen molar-refractivity contribution >= 4 is 16.7 Å². The van der Waals surface area contributed by atoms with Gasteiger partial charge in [0.15, 0.2) is 0 Å². The summed E-state index contributed by atoms with van der Waals surface area (Å²) in [7, 11) is 0. The van der Waals surface area contributed by atoms with Gasteiger partial charge in [-0.25, -0.2) is 0 Å². The first-order chi connectivity index (χ1) is 12.3. The highest BCUT2D eigenvalue weighted by Gasteiger charge is 2.34. The number of hydrogen-bond donors (Lipinski definition) is 1. The zero-order chi connectivity index (χ0) is 18.7. The summed E-state index contributed by atoms with van der Waals surface area (Å²) in [5.74, 6) is -0.542. The fourth-order valence-corrected chi connectivity index (χ4v) is 2.64. The highest BCUT2D eigenvalue weighted by molar-refractivity contribution is 5.83. The summed E-state index contributed by atoms with van der Waals surface area (Å²) in [6.07, 6.45) is -3.59. The van der Waals surface area contributed by atoms with Crippen molar-refractivity contribution in [2.45, 2.75) is 19.3 Å². The number of carbonyl (C=O) groups is 1. The SMILES string of the molecule is O=C(Cn1cccc(C(F)(F)F)c1=O)NCc1ccc2ccccc2c1. The molecule has 134 valence electrons. The van der Waals surface area contributed by atoms with E-state index < -0.39 is 29.8 Å². The van der Waals surface area contributed by atoms with Crippen LogP contribution >= 0.6 is 0 Å². The number of benzene rings is 2. The molecule has 0 fully saturated rings. The Kier molecular flexibility index (Phi) is 4.79. The minimum Gasteiger partial charge on any atom is -0.350 e. The van der Waals surface area contributed by atoms with Gasteiger partial charge in [-0.3, -0.25) is 9.59 Å². The number of carbonyl (C=O) groups excluding carboxylic acids is 1. The summed E-state index contributed by atoms with van der Waals surface area (Å²) in [5.41, 5.74) is -1.67. The van der Waals surface area contributed by atoms with E-state index in [0.29, 0.717) is 6.07 Å². The van der Waals surface area contributed by atoms with E-state index in [1.54, 1.807) is 0 Å². The molecule has 0 spiro atoms. The van der Waals surface area contributed by atoms with Crippen LogP contribution in [0.15, 0.2) is 65.6 Å². The van der Waals surface area contributed by atoms with Crippen molar-refractivity contribution in [2.24, 2.45) is 0 Å². The first-order valence-corrected chi connectivity index (χ1v) is 7.85. The molecule has 1 aromatic heterocycles. The molecule has 1 amide bonds. The Morgan fingerprint density at radius 1 is 1.00 bits per heavy atom. The molecule has 0 bridgehead atoms. The van der Waals surface area contributed by atoms with Crippen molar-refractivity contribution in [3.63, 3.8) is 0 Å². The molecule has 0 saturated carbocycles. The fourth-order valence-electron chi connectivity index (χ4n) is 2.64. The maximum atomic E-state index is 12.7. The summed E-state index contributed by atoms with van der Waals surface area (Å²) < 4.78 is 39.0. The van der Waals surface area contributed by atoms with Crippen molar-refractivity contribution in [3.8, 4) is 0 Å². The molecule has 7 heteroatoms. The molecule has 0 aliphatic heterocycles.